The molecule has 0 radical (unpaired) electrons. The van der Waals surface area contributed by atoms with E-state index in [0.717, 1.165) is 36.2 Å². The molecule has 2 unspecified atom stereocenters. The summed E-state index contributed by atoms with van der Waals surface area (Å²) in [6.07, 6.45) is 1.15. The monoisotopic (exact) mass is 388 g/mol. The smallest absolute Gasteiger partial charge is 0.282 e. The van der Waals surface area contributed by atoms with Crippen molar-refractivity contribution < 1.29 is 9.59 Å². The van der Waals surface area contributed by atoms with Gasteiger partial charge in [0.1, 0.15) is 5.70 Å². The molecule has 0 aromatic heterocycles. The maximum absolute atomic E-state index is 13.6. The fraction of sp³-hybridized carbons (Fsp3) is 0.360. The van der Waals surface area contributed by atoms with Crippen LogP contribution in [0.5, 0.6) is 0 Å². The molecule has 4 heteroatoms. The number of rotatable bonds is 3. The van der Waals surface area contributed by atoms with Gasteiger partial charge in [-0.2, -0.15) is 0 Å². The van der Waals surface area contributed by atoms with Gasteiger partial charge in [-0.25, -0.2) is 4.90 Å². The van der Waals surface area contributed by atoms with Crippen LogP contribution < -0.4 is 4.90 Å². The molecule has 150 valence electrons. The molecule has 1 saturated heterocycles. The molecule has 29 heavy (non-hydrogen) atoms. The van der Waals surface area contributed by atoms with Crippen LogP contribution in [-0.2, 0) is 9.59 Å². The van der Waals surface area contributed by atoms with E-state index in [9.17, 15) is 9.59 Å². The van der Waals surface area contributed by atoms with Gasteiger partial charge >= 0.3 is 0 Å². The van der Waals surface area contributed by atoms with E-state index in [1.807, 2.05) is 56.3 Å². The average Bonchev–Trinajstić information content (AvgIpc) is 2.92. The first-order valence-corrected chi connectivity index (χ1v) is 10.4. The Balaban J connectivity index is 1.87. The summed E-state index contributed by atoms with van der Waals surface area (Å²) < 4.78 is 0. The van der Waals surface area contributed by atoms with Gasteiger partial charge < -0.3 is 4.90 Å². The van der Waals surface area contributed by atoms with Crippen LogP contribution in [0.3, 0.4) is 0 Å². The Morgan fingerprint density at radius 3 is 2.14 bits per heavy atom. The van der Waals surface area contributed by atoms with Gasteiger partial charge in [0.05, 0.1) is 11.3 Å². The number of hydrogen-bond donors (Lipinski definition) is 0. The summed E-state index contributed by atoms with van der Waals surface area (Å²) in [5, 5.41) is 0. The lowest BCUT2D eigenvalue weighted by Crippen LogP contribution is -2.42. The number of hydrogen-bond acceptors (Lipinski definition) is 3. The molecule has 2 amide bonds. The van der Waals surface area contributed by atoms with Crippen LogP contribution in [0.15, 0.2) is 54.2 Å². The first-order valence-electron chi connectivity index (χ1n) is 10.4. The van der Waals surface area contributed by atoms with E-state index in [0.29, 0.717) is 28.8 Å². The van der Waals surface area contributed by atoms with Crippen LogP contribution in [0.1, 0.15) is 37.0 Å². The Bertz CT molecular complexity index is 983. The number of anilines is 1. The van der Waals surface area contributed by atoms with Crippen molar-refractivity contribution in [2.75, 3.05) is 18.0 Å². The third-order valence-corrected chi connectivity index (χ3v) is 5.91. The fourth-order valence-electron chi connectivity index (χ4n) is 4.81. The number of imide groups is 1. The molecule has 2 aliphatic rings. The van der Waals surface area contributed by atoms with Crippen molar-refractivity contribution in [1.82, 2.24) is 4.90 Å². The van der Waals surface area contributed by atoms with Crippen molar-refractivity contribution in [1.29, 1.82) is 0 Å². The topological polar surface area (TPSA) is 40.6 Å². The van der Waals surface area contributed by atoms with Crippen molar-refractivity contribution in [2.45, 2.75) is 34.1 Å². The highest BCUT2D eigenvalue weighted by atomic mass is 16.2. The summed E-state index contributed by atoms with van der Waals surface area (Å²) in [7, 11) is 0. The Hall–Kier alpha value is -2.88. The van der Waals surface area contributed by atoms with E-state index in [2.05, 4.69) is 24.8 Å². The zero-order chi connectivity index (χ0) is 20.7. The largest absolute Gasteiger partial charge is 0.366 e. The predicted octanol–water partition coefficient (Wildman–Crippen LogP) is 4.57. The van der Waals surface area contributed by atoms with Crippen LogP contribution in [-0.4, -0.2) is 29.8 Å². The molecule has 2 heterocycles. The average molecular weight is 389 g/mol. The molecule has 4 nitrogen and oxygen atoms in total. The van der Waals surface area contributed by atoms with Crippen molar-refractivity contribution in [2.24, 2.45) is 11.8 Å². The molecule has 2 aromatic rings. The zero-order valence-corrected chi connectivity index (χ0v) is 17.6. The lowest BCUT2D eigenvalue weighted by Gasteiger charge is -2.37. The molecule has 4 rings (SSSR count). The van der Waals surface area contributed by atoms with Gasteiger partial charge in [0.2, 0.25) is 0 Å². The van der Waals surface area contributed by atoms with Gasteiger partial charge in [-0.05, 0) is 55.4 Å². The van der Waals surface area contributed by atoms with Crippen LogP contribution in [0.2, 0.25) is 0 Å². The number of carbonyl (C=O) groups excluding carboxylic acids is 2. The van der Waals surface area contributed by atoms with E-state index in [-0.39, 0.29) is 11.8 Å². The van der Waals surface area contributed by atoms with Gasteiger partial charge in [-0.3, -0.25) is 9.59 Å². The first kappa shape index (κ1) is 19.4. The number of piperidine rings is 1. The maximum atomic E-state index is 13.6. The summed E-state index contributed by atoms with van der Waals surface area (Å²) in [6.45, 7) is 10.1. The number of carbonyl (C=O) groups is 2. The van der Waals surface area contributed by atoms with Gasteiger partial charge in [0, 0.05) is 13.1 Å². The number of para-hydroxylation sites is 1. The van der Waals surface area contributed by atoms with Gasteiger partial charge in [0.15, 0.2) is 0 Å². The Labute approximate surface area is 172 Å². The highest BCUT2D eigenvalue weighted by Gasteiger charge is 2.43. The molecule has 0 bridgehead atoms. The second kappa shape index (κ2) is 7.51. The van der Waals surface area contributed by atoms with Crippen molar-refractivity contribution in [3.63, 3.8) is 0 Å². The lowest BCUT2D eigenvalue weighted by atomic mass is 9.90. The minimum atomic E-state index is -0.228. The Kier molecular flexibility index (Phi) is 5.03. The summed E-state index contributed by atoms with van der Waals surface area (Å²) >= 11 is 0. The van der Waals surface area contributed by atoms with E-state index in [1.54, 1.807) is 0 Å². The SMILES string of the molecule is Cc1ccc(C2=C(N3CC(C)CC(C)C3)C(=O)N(c3ccccc3)C2=O)c(C)c1. The van der Waals surface area contributed by atoms with E-state index in [4.69, 9.17) is 0 Å². The van der Waals surface area contributed by atoms with Crippen molar-refractivity contribution in [3.05, 3.63) is 70.9 Å². The van der Waals surface area contributed by atoms with Crippen LogP contribution in [0, 0.1) is 25.7 Å². The van der Waals surface area contributed by atoms with E-state index < -0.39 is 0 Å². The fourth-order valence-corrected chi connectivity index (χ4v) is 4.81. The van der Waals surface area contributed by atoms with E-state index in [1.165, 1.54) is 4.90 Å². The van der Waals surface area contributed by atoms with E-state index >= 15 is 0 Å². The number of aryl methyl sites for hydroxylation is 2. The minimum Gasteiger partial charge on any atom is -0.366 e. The van der Waals surface area contributed by atoms with Crippen LogP contribution in [0.25, 0.3) is 5.57 Å². The number of likely N-dealkylation sites (tertiary alicyclic amines) is 1. The van der Waals surface area contributed by atoms with Gasteiger partial charge in [0.25, 0.3) is 11.8 Å². The molecule has 0 N–H and O–H groups in total. The molecule has 0 spiro atoms. The highest BCUT2D eigenvalue weighted by Crippen LogP contribution is 2.38. The summed E-state index contributed by atoms with van der Waals surface area (Å²) in [4.78, 5) is 30.7. The lowest BCUT2D eigenvalue weighted by molar-refractivity contribution is -0.120. The van der Waals surface area contributed by atoms with Gasteiger partial charge in [-0.1, -0.05) is 55.8 Å². The molecule has 2 aromatic carbocycles. The van der Waals surface area contributed by atoms with Crippen LogP contribution in [0.4, 0.5) is 5.69 Å². The number of nitrogens with zero attached hydrogens (tertiary/aromatic N) is 2. The second-order valence-corrected chi connectivity index (χ2v) is 8.67. The summed E-state index contributed by atoms with van der Waals surface area (Å²) in [5.41, 5.74) is 4.74. The summed E-state index contributed by atoms with van der Waals surface area (Å²) in [6, 6.07) is 15.3. The van der Waals surface area contributed by atoms with Gasteiger partial charge in [-0.15, -0.1) is 0 Å². The standard InChI is InChI=1S/C25H28N2O2/c1-16-10-11-21(19(4)13-16)22-23(26-14-17(2)12-18(3)15-26)25(29)27(24(22)28)20-8-6-5-7-9-20/h5-11,13,17-18H,12,14-15H2,1-4H3. The molecule has 0 aliphatic carbocycles. The summed E-state index contributed by atoms with van der Waals surface area (Å²) in [5.74, 6) is 0.534. The van der Waals surface area contributed by atoms with Crippen molar-refractivity contribution in [3.8, 4) is 0 Å². The third kappa shape index (κ3) is 3.48. The molecule has 0 saturated carbocycles. The highest BCUT2D eigenvalue weighted by molar-refractivity contribution is 6.45. The third-order valence-electron chi connectivity index (χ3n) is 5.91. The first-order chi connectivity index (χ1) is 13.9. The minimum absolute atomic E-state index is 0.211. The van der Waals surface area contributed by atoms with Crippen molar-refractivity contribution >= 4 is 23.1 Å². The normalized spacial score (nSPS) is 22.6. The van der Waals surface area contributed by atoms with Crippen LogP contribution >= 0.6 is 0 Å². The second-order valence-electron chi connectivity index (χ2n) is 8.67. The zero-order valence-electron chi connectivity index (χ0n) is 17.6. The molecule has 2 atom stereocenters. The molecular weight excluding hydrogens is 360 g/mol. The predicted molar refractivity (Wildman–Crippen MR) is 116 cm³/mol. The Morgan fingerprint density at radius 1 is 0.862 bits per heavy atom. The molecule has 1 fully saturated rings. The molecular formula is C25H28N2O2. The number of benzene rings is 2. The maximum Gasteiger partial charge on any atom is 0.282 e. The quantitative estimate of drug-likeness (QED) is 0.724. The Morgan fingerprint density at radius 2 is 1.52 bits per heavy atom. The number of amides is 2. The molecule has 2 aliphatic heterocycles.